The number of methoxy groups -OCH3 is 2. The standard InChI is InChI=1S/C23H16Br2F3N3O6/c1-35-19-5-3-13(9-20(19)36-2)22(32)30-29-11-12-7-15(24)21(16(25)8-12)37-18-6-4-14(23(26,27)28)10-17(18)31(33)34/h3-11H,1-2H3,(H,30,32)/b29-11+. The van der Waals surface area contributed by atoms with Gasteiger partial charge in [0.05, 0.1) is 39.9 Å². The molecule has 0 aromatic heterocycles. The Bertz CT molecular complexity index is 1360. The highest BCUT2D eigenvalue weighted by Crippen LogP contribution is 2.42. The summed E-state index contributed by atoms with van der Waals surface area (Å²) in [6, 6.07) is 9.62. The van der Waals surface area contributed by atoms with Gasteiger partial charge in [0, 0.05) is 11.6 Å². The quantitative estimate of drug-likeness (QED) is 0.165. The van der Waals surface area contributed by atoms with Crippen molar-refractivity contribution in [2.45, 2.75) is 6.18 Å². The van der Waals surface area contributed by atoms with Crippen LogP contribution >= 0.6 is 31.9 Å². The summed E-state index contributed by atoms with van der Waals surface area (Å²) < 4.78 is 55.3. The number of nitrogens with one attached hydrogen (secondary N) is 1. The highest BCUT2D eigenvalue weighted by atomic mass is 79.9. The molecular weight excluding hydrogens is 631 g/mol. The van der Waals surface area contributed by atoms with Crippen LogP contribution in [-0.2, 0) is 6.18 Å². The summed E-state index contributed by atoms with van der Waals surface area (Å²) in [4.78, 5) is 22.7. The largest absolute Gasteiger partial charge is 0.493 e. The fourth-order valence-electron chi connectivity index (χ4n) is 2.99. The van der Waals surface area contributed by atoms with E-state index in [4.69, 9.17) is 14.2 Å². The first-order valence-corrected chi connectivity index (χ1v) is 11.6. The second-order valence-electron chi connectivity index (χ2n) is 7.12. The van der Waals surface area contributed by atoms with E-state index in [1.807, 2.05) is 0 Å². The number of ether oxygens (including phenoxy) is 3. The van der Waals surface area contributed by atoms with E-state index in [0.29, 0.717) is 38.1 Å². The van der Waals surface area contributed by atoms with Gasteiger partial charge in [0.2, 0.25) is 5.75 Å². The van der Waals surface area contributed by atoms with Crippen LogP contribution in [0, 0.1) is 10.1 Å². The molecule has 0 fully saturated rings. The number of nitro benzene ring substituents is 1. The summed E-state index contributed by atoms with van der Waals surface area (Å²) in [5.74, 6) is 0.0133. The summed E-state index contributed by atoms with van der Waals surface area (Å²) in [6.45, 7) is 0. The third kappa shape index (κ3) is 6.77. The Labute approximate surface area is 224 Å². The molecule has 0 spiro atoms. The number of rotatable bonds is 8. The lowest BCUT2D eigenvalue weighted by Crippen LogP contribution is -2.17. The molecule has 0 aliphatic heterocycles. The fraction of sp³-hybridized carbons (Fsp3) is 0.130. The van der Waals surface area contributed by atoms with Gasteiger partial charge in [-0.3, -0.25) is 14.9 Å². The zero-order valence-electron chi connectivity index (χ0n) is 18.9. The van der Waals surface area contributed by atoms with Crippen LogP contribution in [0.15, 0.2) is 62.6 Å². The van der Waals surface area contributed by atoms with E-state index in [2.05, 4.69) is 42.4 Å². The van der Waals surface area contributed by atoms with Gasteiger partial charge in [-0.25, -0.2) is 5.43 Å². The maximum atomic E-state index is 12.9. The molecular formula is C23H16Br2F3N3O6. The Morgan fingerprint density at radius 2 is 1.62 bits per heavy atom. The SMILES string of the molecule is COc1ccc(C(=O)N/N=C/c2cc(Br)c(Oc3ccc(C(F)(F)F)cc3[N+](=O)[O-])c(Br)c2)cc1OC. The number of benzene rings is 3. The first kappa shape index (κ1) is 27.9. The molecule has 0 heterocycles. The fourth-order valence-corrected chi connectivity index (χ4v) is 4.38. The molecule has 0 unspecified atom stereocenters. The Kier molecular flexibility index (Phi) is 8.76. The molecule has 0 bridgehead atoms. The Morgan fingerprint density at radius 3 is 2.19 bits per heavy atom. The van der Waals surface area contributed by atoms with E-state index in [1.165, 1.54) is 44.7 Å². The average Bonchev–Trinajstić information content (AvgIpc) is 2.85. The molecule has 3 aromatic carbocycles. The van der Waals surface area contributed by atoms with Gasteiger partial charge in [0.1, 0.15) is 0 Å². The van der Waals surface area contributed by atoms with Crippen LogP contribution < -0.4 is 19.6 Å². The molecule has 14 heteroatoms. The minimum atomic E-state index is -4.75. The summed E-state index contributed by atoms with van der Waals surface area (Å²) >= 11 is 6.54. The van der Waals surface area contributed by atoms with Crippen LogP contribution in [0.3, 0.4) is 0 Å². The predicted octanol–water partition coefficient (Wildman–Crippen LogP) is 6.71. The molecule has 0 saturated heterocycles. The van der Waals surface area contributed by atoms with Crippen molar-refractivity contribution in [3.63, 3.8) is 0 Å². The monoisotopic (exact) mass is 645 g/mol. The zero-order valence-corrected chi connectivity index (χ0v) is 22.1. The maximum absolute atomic E-state index is 12.9. The molecule has 0 atom stereocenters. The average molecular weight is 647 g/mol. The molecule has 0 saturated carbocycles. The van der Waals surface area contributed by atoms with Crippen LogP contribution in [0.5, 0.6) is 23.0 Å². The van der Waals surface area contributed by atoms with Gasteiger partial charge in [-0.1, -0.05) is 0 Å². The third-order valence-corrected chi connectivity index (χ3v) is 5.92. The second-order valence-corrected chi connectivity index (χ2v) is 8.83. The zero-order chi connectivity index (χ0) is 27.3. The van der Waals surface area contributed by atoms with Gasteiger partial charge >= 0.3 is 11.9 Å². The molecule has 3 aromatic rings. The number of carbonyl (C=O) groups is 1. The summed E-state index contributed by atoms with van der Waals surface area (Å²) in [5, 5.41) is 15.2. The lowest BCUT2D eigenvalue weighted by molar-refractivity contribution is -0.385. The van der Waals surface area contributed by atoms with E-state index >= 15 is 0 Å². The molecule has 9 nitrogen and oxygen atoms in total. The number of nitrogens with zero attached hydrogens (tertiary/aromatic N) is 2. The van der Waals surface area contributed by atoms with Crippen molar-refractivity contribution in [3.8, 4) is 23.0 Å². The molecule has 0 aliphatic rings. The maximum Gasteiger partial charge on any atom is 0.416 e. The normalized spacial score (nSPS) is 11.3. The van der Waals surface area contributed by atoms with Crippen molar-refractivity contribution < 1.29 is 37.1 Å². The van der Waals surface area contributed by atoms with Crippen molar-refractivity contribution in [1.82, 2.24) is 5.43 Å². The van der Waals surface area contributed by atoms with Crippen molar-refractivity contribution in [3.05, 3.63) is 84.3 Å². The number of halogens is 5. The number of hydrogen-bond donors (Lipinski definition) is 1. The van der Waals surface area contributed by atoms with E-state index in [0.717, 1.165) is 6.07 Å². The van der Waals surface area contributed by atoms with Gasteiger partial charge in [-0.15, -0.1) is 0 Å². The summed E-state index contributed by atoms with van der Waals surface area (Å²) in [7, 11) is 2.91. The van der Waals surface area contributed by atoms with Crippen molar-refractivity contribution >= 4 is 49.7 Å². The highest BCUT2D eigenvalue weighted by Gasteiger charge is 2.33. The molecule has 1 N–H and O–H groups in total. The lowest BCUT2D eigenvalue weighted by Gasteiger charge is -2.13. The third-order valence-electron chi connectivity index (χ3n) is 4.74. The highest BCUT2D eigenvalue weighted by molar-refractivity contribution is 9.11. The molecule has 37 heavy (non-hydrogen) atoms. The van der Waals surface area contributed by atoms with Crippen molar-refractivity contribution in [1.29, 1.82) is 0 Å². The topological polar surface area (TPSA) is 112 Å². The van der Waals surface area contributed by atoms with Gasteiger partial charge in [-0.05, 0) is 79.9 Å². The second kappa shape index (κ2) is 11.6. The van der Waals surface area contributed by atoms with Crippen LogP contribution in [0.1, 0.15) is 21.5 Å². The van der Waals surface area contributed by atoms with E-state index in [1.54, 1.807) is 6.07 Å². The van der Waals surface area contributed by atoms with Gasteiger partial charge in [0.25, 0.3) is 5.91 Å². The number of amides is 1. The minimum Gasteiger partial charge on any atom is -0.493 e. The minimum absolute atomic E-state index is 0.0781. The first-order valence-electron chi connectivity index (χ1n) is 10.0. The first-order chi connectivity index (χ1) is 17.4. The van der Waals surface area contributed by atoms with E-state index in [-0.39, 0.29) is 17.1 Å². The van der Waals surface area contributed by atoms with Crippen LogP contribution in [-0.4, -0.2) is 31.3 Å². The Morgan fingerprint density at radius 1 is 1.00 bits per heavy atom. The molecule has 194 valence electrons. The van der Waals surface area contributed by atoms with Gasteiger partial charge in [0.15, 0.2) is 17.2 Å². The Balaban J connectivity index is 1.78. The van der Waals surface area contributed by atoms with Crippen molar-refractivity contribution in [2.75, 3.05) is 14.2 Å². The molecule has 0 radical (unpaired) electrons. The van der Waals surface area contributed by atoms with Crippen LogP contribution in [0.25, 0.3) is 0 Å². The number of carbonyl (C=O) groups excluding carboxylic acids is 1. The number of hydrazone groups is 1. The van der Waals surface area contributed by atoms with Gasteiger partial charge in [-0.2, -0.15) is 18.3 Å². The van der Waals surface area contributed by atoms with Gasteiger partial charge < -0.3 is 14.2 Å². The van der Waals surface area contributed by atoms with Crippen LogP contribution in [0.2, 0.25) is 0 Å². The summed E-state index contributed by atoms with van der Waals surface area (Å²) in [6.07, 6.45) is -3.42. The lowest BCUT2D eigenvalue weighted by atomic mass is 10.2. The Hall–Kier alpha value is -3.65. The molecule has 0 aliphatic carbocycles. The predicted molar refractivity (Wildman–Crippen MR) is 135 cm³/mol. The van der Waals surface area contributed by atoms with E-state index in [9.17, 15) is 28.1 Å². The summed E-state index contributed by atoms with van der Waals surface area (Å²) in [5.41, 5.74) is 1.11. The number of alkyl halides is 3. The van der Waals surface area contributed by atoms with Crippen molar-refractivity contribution in [2.24, 2.45) is 5.10 Å². The molecule has 3 rings (SSSR count). The van der Waals surface area contributed by atoms with Crippen LogP contribution in [0.4, 0.5) is 18.9 Å². The number of nitro groups is 1. The molecule has 1 amide bonds. The number of hydrogen-bond acceptors (Lipinski definition) is 7. The smallest absolute Gasteiger partial charge is 0.416 e. The van der Waals surface area contributed by atoms with E-state index < -0.39 is 28.3 Å².